The van der Waals surface area contributed by atoms with E-state index in [1.165, 1.54) is 10.6 Å². The molecule has 0 saturated carbocycles. The Labute approximate surface area is 124 Å². The van der Waals surface area contributed by atoms with Crippen LogP contribution in [0.3, 0.4) is 0 Å². The van der Waals surface area contributed by atoms with Crippen LogP contribution < -0.4 is 5.32 Å². The summed E-state index contributed by atoms with van der Waals surface area (Å²) >= 11 is 1.78. The molecule has 0 atom stereocenters. The van der Waals surface area contributed by atoms with E-state index in [1.807, 2.05) is 23.9 Å². The molecule has 2 heterocycles. The minimum atomic E-state index is 0.659. The standard InChI is InChI=1S/C15H23N3OS/c1-11(2)8-16-9-14-12(3)17-18(4)15(14)20-10-13-6-5-7-19-13/h5-7,11,16H,8-10H2,1-4H3. The molecular weight excluding hydrogens is 270 g/mol. The van der Waals surface area contributed by atoms with Gasteiger partial charge in [-0.3, -0.25) is 4.68 Å². The average molecular weight is 293 g/mol. The van der Waals surface area contributed by atoms with Gasteiger partial charge in [0.05, 0.1) is 22.7 Å². The van der Waals surface area contributed by atoms with Crippen molar-refractivity contribution >= 4 is 11.8 Å². The van der Waals surface area contributed by atoms with Crippen LogP contribution in [0.5, 0.6) is 0 Å². The Morgan fingerprint density at radius 1 is 1.45 bits per heavy atom. The Balaban J connectivity index is 2.02. The van der Waals surface area contributed by atoms with Crippen molar-refractivity contribution in [3.05, 3.63) is 35.4 Å². The molecular formula is C15H23N3OS. The van der Waals surface area contributed by atoms with Crippen molar-refractivity contribution < 1.29 is 4.42 Å². The summed E-state index contributed by atoms with van der Waals surface area (Å²) in [5.41, 5.74) is 2.40. The van der Waals surface area contributed by atoms with E-state index in [-0.39, 0.29) is 0 Å². The van der Waals surface area contributed by atoms with E-state index in [9.17, 15) is 0 Å². The van der Waals surface area contributed by atoms with Crippen LogP contribution in [0.4, 0.5) is 0 Å². The number of aromatic nitrogens is 2. The maximum absolute atomic E-state index is 5.39. The van der Waals surface area contributed by atoms with Gasteiger partial charge >= 0.3 is 0 Å². The number of rotatable bonds is 7. The van der Waals surface area contributed by atoms with Crippen LogP contribution in [0.15, 0.2) is 27.8 Å². The fraction of sp³-hybridized carbons (Fsp3) is 0.533. The van der Waals surface area contributed by atoms with Gasteiger partial charge in [-0.2, -0.15) is 5.10 Å². The molecule has 5 heteroatoms. The van der Waals surface area contributed by atoms with E-state index >= 15 is 0 Å². The quantitative estimate of drug-likeness (QED) is 0.795. The fourth-order valence-corrected chi connectivity index (χ4v) is 3.15. The third kappa shape index (κ3) is 3.90. The van der Waals surface area contributed by atoms with Gasteiger partial charge in [-0.1, -0.05) is 25.6 Å². The Hall–Kier alpha value is -1.20. The van der Waals surface area contributed by atoms with E-state index in [2.05, 4.69) is 31.2 Å². The molecule has 4 nitrogen and oxygen atoms in total. The maximum atomic E-state index is 5.39. The normalized spacial score (nSPS) is 11.4. The Morgan fingerprint density at radius 3 is 2.90 bits per heavy atom. The number of furan rings is 1. The number of nitrogens with one attached hydrogen (secondary N) is 1. The van der Waals surface area contributed by atoms with Gasteiger partial charge in [0.25, 0.3) is 0 Å². The van der Waals surface area contributed by atoms with Crippen LogP contribution >= 0.6 is 11.8 Å². The van der Waals surface area contributed by atoms with Crippen molar-refractivity contribution in [1.82, 2.24) is 15.1 Å². The highest BCUT2D eigenvalue weighted by atomic mass is 32.2. The molecule has 0 amide bonds. The van der Waals surface area contributed by atoms with Crippen LogP contribution in [-0.2, 0) is 19.3 Å². The van der Waals surface area contributed by atoms with E-state index in [4.69, 9.17) is 4.42 Å². The zero-order chi connectivity index (χ0) is 14.5. The van der Waals surface area contributed by atoms with Crippen LogP contribution in [0, 0.1) is 12.8 Å². The van der Waals surface area contributed by atoms with Crippen molar-refractivity contribution in [1.29, 1.82) is 0 Å². The molecule has 1 N–H and O–H groups in total. The molecule has 0 aromatic carbocycles. The van der Waals surface area contributed by atoms with Gasteiger partial charge in [-0.25, -0.2) is 0 Å². The number of nitrogens with zero attached hydrogens (tertiary/aromatic N) is 2. The summed E-state index contributed by atoms with van der Waals surface area (Å²) < 4.78 is 7.36. The summed E-state index contributed by atoms with van der Waals surface area (Å²) in [5.74, 6) is 2.49. The summed E-state index contributed by atoms with van der Waals surface area (Å²) in [5, 5.41) is 9.25. The summed E-state index contributed by atoms with van der Waals surface area (Å²) in [4.78, 5) is 0. The first-order valence-corrected chi connectivity index (χ1v) is 7.95. The average Bonchev–Trinajstić information content (AvgIpc) is 2.97. The lowest BCUT2D eigenvalue weighted by molar-refractivity contribution is 0.530. The first-order chi connectivity index (χ1) is 9.58. The Bertz CT molecular complexity index is 532. The summed E-state index contributed by atoms with van der Waals surface area (Å²) in [6.07, 6.45) is 1.72. The van der Waals surface area contributed by atoms with Crippen molar-refractivity contribution in [3.63, 3.8) is 0 Å². The molecule has 2 rings (SSSR count). The molecule has 0 aliphatic carbocycles. The number of hydrogen-bond acceptors (Lipinski definition) is 4. The molecule has 0 aliphatic rings. The van der Waals surface area contributed by atoms with Gasteiger partial charge in [0, 0.05) is 19.2 Å². The zero-order valence-electron chi connectivity index (χ0n) is 12.6. The van der Waals surface area contributed by atoms with Crippen molar-refractivity contribution in [2.24, 2.45) is 13.0 Å². The lowest BCUT2D eigenvalue weighted by Crippen LogP contribution is -2.19. The van der Waals surface area contributed by atoms with Gasteiger partial charge in [0.15, 0.2) is 0 Å². The van der Waals surface area contributed by atoms with Crippen LogP contribution in [0.25, 0.3) is 0 Å². The first-order valence-electron chi connectivity index (χ1n) is 6.96. The minimum Gasteiger partial charge on any atom is -0.468 e. The molecule has 0 saturated heterocycles. The zero-order valence-corrected chi connectivity index (χ0v) is 13.5. The van der Waals surface area contributed by atoms with E-state index in [1.54, 1.807) is 18.0 Å². The number of hydrogen-bond donors (Lipinski definition) is 1. The predicted octanol–water partition coefficient (Wildman–Crippen LogP) is 3.36. The van der Waals surface area contributed by atoms with Gasteiger partial charge in [0.1, 0.15) is 5.76 Å². The highest BCUT2D eigenvalue weighted by Gasteiger charge is 2.14. The second kappa shape index (κ2) is 6.99. The van der Waals surface area contributed by atoms with Crippen LogP contribution in [0.2, 0.25) is 0 Å². The summed E-state index contributed by atoms with van der Waals surface area (Å²) in [6.45, 7) is 8.41. The smallest absolute Gasteiger partial charge is 0.114 e. The SMILES string of the molecule is Cc1nn(C)c(SCc2ccco2)c1CNCC(C)C. The highest BCUT2D eigenvalue weighted by Crippen LogP contribution is 2.28. The third-order valence-electron chi connectivity index (χ3n) is 3.07. The highest BCUT2D eigenvalue weighted by molar-refractivity contribution is 7.98. The maximum Gasteiger partial charge on any atom is 0.114 e. The molecule has 0 radical (unpaired) electrons. The molecule has 0 aliphatic heterocycles. The molecule has 110 valence electrons. The fourth-order valence-electron chi connectivity index (χ4n) is 2.08. The largest absolute Gasteiger partial charge is 0.468 e. The molecule has 20 heavy (non-hydrogen) atoms. The predicted molar refractivity (Wildman–Crippen MR) is 82.8 cm³/mol. The van der Waals surface area contributed by atoms with Crippen LogP contribution in [0.1, 0.15) is 30.9 Å². The molecule has 2 aromatic rings. The second-order valence-electron chi connectivity index (χ2n) is 5.39. The Morgan fingerprint density at radius 2 is 2.25 bits per heavy atom. The third-order valence-corrected chi connectivity index (χ3v) is 4.29. The van der Waals surface area contributed by atoms with Gasteiger partial charge in [-0.05, 0) is 31.5 Å². The number of aryl methyl sites for hydroxylation is 2. The topological polar surface area (TPSA) is 43.0 Å². The van der Waals surface area contributed by atoms with Crippen molar-refractivity contribution in [3.8, 4) is 0 Å². The second-order valence-corrected chi connectivity index (χ2v) is 6.35. The lowest BCUT2D eigenvalue weighted by Gasteiger charge is -2.09. The Kier molecular flexibility index (Phi) is 5.31. The molecule has 0 spiro atoms. The van der Waals surface area contributed by atoms with Gasteiger partial charge < -0.3 is 9.73 Å². The van der Waals surface area contributed by atoms with Crippen LogP contribution in [-0.4, -0.2) is 16.3 Å². The number of thioether (sulfide) groups is 1. The molecule has 2 aromatic heterocycles. The van der Waals surface area contributed by atoms with Gasteiger partial charge in [-0.15, -0.1) is 0 Å². The minimum absolute atomic E-state index is 0.659. The van der Waals surface area contributed by atoms with Crippen molar-refractivity contribution in [2.75, 3.05) is 6.54 Å². The van der Waals surface area contributed by atoms with E-state index in [0.717, 1.165) is 30.3 Å². The molecule has 0 unspecified atom stereocenters. The van der Waals surface area contributed by atoms with E-state index in [0.29, 0.717) is 5.92 Å². The summed E-state index contributed by atoms with van der Waals surface area (Å²) in [6, 6.07) is 3.93. The monoisotopic (exact) mass is 293 g/mol. The van der Waals surface area contributed by atoms with Gasteiger partial charge in [0.2, 0.25) is 0 Å². The lowest BCUT2D eigenvalue weighted by atomic mass is 10.2. The summed E-state index contributed by atoms with van der Waals surface area (Å²) in [7, 11) is 2.00. The molecule has 0 fully saturated rings. The first kappa shape index (κ1) is 15.2. The van der Waals surface area contributed by atoms with Crippen molar-refractivity contribution in [2.45, 2.75) is 38.1 Å². The van der Waals surface area contributed by atoms with E-state index < -0.39 is 0 Å². The molecule has 0 bridgehead atoms.